The molecule has 2 aromatic rings. The molecule has 0 bridgehead atoms. The fraction of sp³-hybridized carbons (Fsp3) is 0.500. The minimum absolute atomic E-state index is 0.291. The Morgan fingerprint density at radius 1 is 1.21 bits per heavy atom. The van der Waals surface area contributed by atoms with E-state index < -0.39 is 5.60 Å². The Balaban J connectivity index is 1.49. The number of halogens is 1. The Kier molecular flexibility index (Phi) is 5.86. The number of carbonyl (C=O) groups excluding carboxylic acids is 1. The number of aliphatic hydroxyl groups is 1. The second-order valence-corrected chi connectivity index (χ2v) is 8.62. The molecule has 0 aliphatic carbocycles. The maximum Gasteiger partial charge on any atom is 0.291 e. The number of hydrogen-bond acceptors (Lipinski definition) is 5. The van der Waals surface area contributed by atoms with E-state index in [1.165, 1.54) is 0 Å². The second-order valence-electron chi connectivity index (χ2n) is 8.19. The van der Waals surface area contributed by atoms with Crippen LogP contribution < -0.4 is 10.2 Å². The van der Waals surface area contributed by atoms with E-state index in [9.17, 15) is 9.90 Å². The summed E-state index contributed by atoms with van der Waals surface area (Å²) in [4.78, 5) is 15.0. The Bertz CT molecular complexity index is 863. The molecule has 2 aliphatic rings. The molecule has 0 saturated carbocycles. The van der Waals surface area contributed by atoms with E-state index in [2.05, 4.69) is 10.2 Å². The largest absolute Gasteiger partial charge is 0.456 e. The number of rotatable bonds is 4. The molecule has 156 valence electrons. The summed E-state index contributed by atoms with van der Waals surface area (Å²) < 4.78 is 11.2. The predicted octanol–water partition coefficient (Wildman–Crippen LogP) is 4.43. The van der Waals surface area contributed by atoms with E-state index in [1.54, 1.807) is 12.1 Å². The van der Waals surface area contributed by atoms with Crippen molar-refractivity contribution in [2.24, 2.45) is 0 Å². The molecule has 4 rings (SSSR count). The van der Waals surface area contributed by atoms with Gasteiger partial charge in [0.2, 0.25) is 0 Å². The molecule has 29 heavy (non-hydrogen) atoms. The molecule has 1 aromatic heterocycles. The van der Waals surface area contributed by atoms with Crippen LogP contribution in [0, 0.1) is 0 Å². The lowest BCUT2D eigenvalue weighted by atomic mass is 9.93. The van der Waals surface area contributed by atoms with Gasteiger partial charge in [-0.15, -0.1) is 0 Å². The van der Waals surface area contributed by atoms with Gasteiger partial charge in [-0.1, -0.05) is 11.6 Å². The molecule has 6 nitrogen and oxygen atoms in total. The average Bonchev–Trinajstić information content (AvgIpc) is 3.20. The summed E-state index contributed by atoms with van der Waals surface area (Å²) >= 11 is 6.19. The third-order valence-corrected chi connectivity index (χ3v) is 6.10. The first-order valence-corrected chi connectivity index (χ1v) is 10.5. The first kappa shape index (κ1) is 20.3. The van der Waals surface area contributed by atoms with Crippen LogP contribution in [-0.2, 0) is 4.74 Å². The number of nitrogens with zero attached hydrogens (tertiary/aromatic N) is 1. The Morgan fingerprint density at radius 2 is 1.93 bits per heavy atom. The van der Waals surface area contributed by atoms with Gasteiger partial charge in [0.15, 0.2) is 5.76 Å². The number of carbonyl (C=O) groups is 1. The molecule has 0 atom stereocenters. The van der Waals surface area contributed by atoms with Gasteiger partial charge in [-0.2, -0.15) is 0 Å². The second kappa shape index (κ2) is 8.38. The molecule has 2 saturated heterocycles. The van der Waals surface area contributed by atoms with E-state index >= 15 is 0 Å². The summed E-state index contributed by atoms with van der Waals surface area (Å²) in [5.74, 6) is 1.13. The molecule has 3 heterocycles. The summed E-state index contributed by atoms with van der Waals surface area (Å²) in [6, 6.07) is 9.09. The van der Waals surface area contributed by atoms with Crippen LogP contribution in [0.15, 0.2) is 34.7 Å². The van der Waals surface area contributed by atoms with E-state index in [0.29, 0.717) is 48.3 Å². The van der Waals surface area contributed by atoms with Gasteiger partial charge in [-0.25, -0.2) is 0 Å². The Morgan fingerprint density at radius 3 is 2.66 bits per heavy atom. The fourth-order valence-corrected chi connectivity index (χ4v) is 4.15. The molecule has 0 radical (unpaired) electrons. The molecule has 0 unspecified atom stereocenters. The van der Waals surface area contributed by atoms with Crippen LogP contribution >= 0.6 is 11.6 Å². The van der Waals surface area contributed by atoms with Crippen LogP contribution in [0.5, 0.6) is 0 Å². The van der Waals surface area contributed by atoms with Crippen molar-refractivity contribution in [3.8, 4) is 0 Å². The highest BCUT2D eigenvalue weighted by molar-refractivity contribution is 6.31. The van der Waals surface area contributed by atoms with Crippen molar-refractivity contribution < 1.29 is 19.1 Å². The molecular weight excluding hydrogens is 392 g/mol. The van der Waals surface area contributed by atoms with Gasteiger partial charge in [0.05, 0.1) is 17.0 Å². The fourth-order valence-electron chi connectivity index (χ4n) is 3.97. The van der Waals surface area contributed by atoms with Gasteiger partial charge in [0, 0.05) is 37.2 Å². The summed E-state index contributed by atoms with van der Waals surface area (Å²) in [5.41, 5.74) is 0.906. The van der Waals surface area contributed by atoms with Crippen molar-refractivity contribution in [2.45, 2.75) is 44.1 Å². The van der Waals surface area contributed by atoms with Crippen molar-refractivity contribution in [1.29, 1.82) is 0 Å². The summed E-state index contributed by atoms with van der Waals surface area (Å²) in [5, 5.41) is 13.7. The number of hydrogen-bond donors (Lipinski definition) is 2. The van der Waals surface area contributed by atoms with Crippen molar-refractivity contribution in [1.82, 2.24) is 0 Å². The summed E-state index contributed by atoms with van der Waals surface area (Å²) in [6.45, 7) is 4.74. The van der Waals surface area contributed by atoms with Crippen LogP contribution in [0.2, 0.25) is 5.02 Å². The SMILES string of the molecule is CC1(O)CCN(c2ccc(Cl)cc2NC(=O)c2ccc(C3CCOCC3)o2)CC1. The number of amides is 1. The summed E-state index contributed by atoms with van der Waals surface area (Å²) in [7, 11) is 0. The smallest absolute Gasteiger partial charge is 0.291 e. The van der Waals surface area contributed by atoms with Crippen molar-refractivity contribution >= 4 is 28.9 Å². The van der Waals surface area contributed by atoms with E-state index in [-0.39, 0.29) is 5.91 Å². The number of nitrogens with one attached hydrogen (secondary N) is 1. The first-order valence-electron chi connectivity index (χ1n) is 10.2. The van der Waals surface area contributed by atoms with Crippen molar-refractivity contribution in [3.05, 3.63) is 46.9 Å². The number of benzene rings is 1. The lowest BCUT2D eigenvalue weighted by Gasteiger charge is -2.37. The van der Waals surface area contributed by atoms with Gasteiger partial charge in [0.25, 0.3) is 5.91 Å². The first-order chi connectivity index (χ1) is 13.9. The zero-order chi connectivity index (χ0) is 20.4. The molecule has 2 fully saturated rings. The topological polar surface area (TPSA) is 74.9 Å². The predicted molar refractivity (Wildman–Crippen MR) is 113 cm³/mol. The zero-order valence-electron chi connectivity index (χ0n) is 16.6. The van der Waals surface area contributed by atoms with Crippen LogP contribution in [0.3, 0.4) is 0 Å². The lowest BCUT2D eigenvalue weighted by molar-refractivity contribution is 0.0351. The van der Waals surface area contributed by atoms with Crippen LogP contribution in [-0.4, -0.2) is 42.9 Å². The maximum absolute atomic E-state index is 12.8. The monoisotopic (exact) mass is 418 g/mol. The number of anilines is 2. The highest BCUT2D eigenvalue weighted by Crippen LogP contribution is 2.34. The molecule has 1 aromatic carbocycles. The minimum atomic E-state index is -0.638. The number of piperidine rings is 1. The Labute approximate surface area is 175 Å². The molecular formula is C22H27ClN2O4. The van der Waals surface area contributed by atoms with Crippen molar-refractivity contribution in [3.63, 3.8) is 0 Å². The standard InChI is InChI=1S/C22H27ClN2O4/c1-22(27)8-10-25(11-9-22)18-3-2-16(23)14-17(18)24-21(26)20-5-4-19(29-20)15-6-12-28-13-7-15/h2-5,14-15,27H,6-13H2,1H3,(H,24,26). The Hall–Kier alpha value is -2.02. The van der Waals surface area contributed by atoms with Gasteiger partial charge in [-0.05, 0) is 62.9 Å². The number of furan rings is 1. The van der Waals surface area contributed by atoms with Gasteiger partial charge < -0.3 is 24.5 Å². The van der Waals surface area contributed by atoms with Gasteiger partial charge in [0.1, 0.15) is 5.76 Å². The van der Waals surface area contributed by atoms with Crippen LogP contribution in [0.25, 0.3) is 0 Å². The minimum Gasteiger partial charge on any atom is -0.456 e. The molecule has 1 amide bonds. The quantitative estimate of drug-likeness (QED) is 0.768. The molecule has 0 spiro atoms. The normalized spacial score (nSPS) is 19.9. The van der Waals surface area contributed by atoms with E-state index in [4.69, 9.17) is 20.8 Å². The number of ether oxygens (including phenoxy) is 1. The third kappa shape index (κ3) is 4.77. The maximum atomic E-state index is 12.8. The van der Waals surface area contributed by atoms with Gasteiger partial charge >= 0.3 is 0 Å². The highest BCUT2D eigenvalue weighted by atomic mass is 35.5. The lowest BCUT2D eigenvalue weighted by Crippen LogP contribution is -2.42. The van der Waals surface area contributed by atoms with Crippen LogP contribution in [0.1, 0.15) is 54.8 Å². The van der Waals surface area contributed by atoms with Crippen LogP contribution in [0.4, 0.5) is 11.4 Å². The third-order valence-electron chi connectivity index (χ3n) is 5.86. The summed E-state index contributed by atoms with van der Waals surface area (Å²) in [6.07, 6.45) is 3.17. The van der Waals surface area contributed by atoms with E-state index in [1.807, 2.05) is 25.1 Å². The molecule has 2 aliphatic heterocycles. The highest BCUT2D eigenvalue weighted by Gasteiger charge is 2.29. The molecule has 7 heteroatoms. The van der Waals surface area contributed by atoms with Gasteiger partial charge in [-0.3, -0.25) is 4.79 Å². The average molecular weight is 419 g/mol. The van der Waals surface area contributed by atoms with Crippen molar-refractivity contribution in [2.75, 3.05) is 36.5 Å². The van der Waals surface area contributed by atoms with E-state index in [0.717, 1.165) is 37.5 Å². The molecule has 2 N–H and O–H groups in total. The zero-order valence-corrected chi connectivity index (χ0v) is 17.4.